The Kier molecular flexibility index (Phi) is 8.26. The molecular weight excluding hydrogens is 151 g/mol. The van der Waals surface area contributed by atoms with Gasteiger partial charge >= 0.3 is 51.4 Å². The van der Waals surface area contributed by atoms with Gasteiger partial charge in [-0.25, -0.2) is 0 Å². The Balaban J connectivity index is 0. The van der Waals surface area contributed by atoms with Gasteiger partial charge in [0.25, 0.3) is 0 Å². The second-order valence-corrected chi connectivity index (χ2v) is 0.825. The zero-order chi connectivity index (χ0) is 6.57. The summed E-state index contributed by atoms with van der Waals surface area (Å²) in [6.45, 7) is 0. The van der Waals surface area contributed by atoms with Crippen LogP contribution in [0.1, 0.15) is 0 Å². The maximum Gasteiger partial charge on any atom is 1.00 e. The van der Waals surface area contributed by atoms with Gasteiger partial charge in [-0.3, -0.25) is 0 Å². The molecule has 0 aromatic rings. The Morgan fingerprint density at radius 3 is 1.33 bits per heavy atom. The van der Waals surface area contributed by atoms with Crippen LogP contribution in [0, 0.1) is 11.8 Å². The number of carboxylic acids is 2. The van der Waals surface area contributed by atoms with Crippen LogP contribution in [0.15, 0.2) is 0 Å². The molecule has 0 fully saturated rings. The molecule has 0 aromatic heterocycles. The van der Waals surface area contributed by atoms with Gasteiger partial charge in [0.1, 0.15) is 11.9 Å². The summed E-state index contributed by atoms with van der Waals surface area (Å²) >= 11 is 0. The summed E-state index contributed by atoms with van der Waals surface area (Å²) in [5.41, 5.74) is 0. The first-order chi connectivity index (χ1) is 3.63. The van der Waals surface area contributed by atoms with Crippen LogP contribution in [0.3, 0.4) is 0 Å². The summed E-state index contributed by atoms with van der Waals surface area (Å²) in [4.78, 5) is 18.7. The van der Waals surface area contributed by atoms with E-state index in [2.05, 4.69) is 0 Å². The quantitative estimate of drug-likeness (QED) is 0.255. The molecule has 5 heteroatoms. The number of aliphatic carboxylic acids is 2. The van der Waals surface area contributed by atoms with Crippen molar-refractivity contribution in [1.29, 1.82) is 0 Å². The van der Waals surface area contributed by atoms with Gasteiger partial charge in [0.05, 0.1) is 0 Å². The first-order valence-electron chi connectivity index (χ1n) is 1.57. The van der Waals surface area contributed by atoms with Gasteiger partial charge in [-0.15, -0.1) is 0 Å². The molecule has 0 N–H and O–H groups in total. The van der Waals surface area contributed by atoms with Crippen molar-refractivity contribution < 1.29 is 71.2 Å². The van der Waals surface area contributed by atoms with Gasteiger partial charge in [-0.1, -0.05) is 0 Å². The average Bonchev–Trinajstić information content (AvgIpc) is 1.61. The van der Waals surface area contributed by atoms with Crippen molar-refractivity contribution in [2.45, 2.75) is 0 Å². The summed E-state index contributed by atoms with van der Waals surface area (Å²) < 4.78 is 0. The minimum Gasteiger partial charge on any atom is -0.537 e. The number of rotatable bonds is 0. The molecule has 42 valence electrons. The third-order valence-corrected chi connectivity index (χ3v) is 0.267. The second-order valence-electron chi connectivity index (χ2n) is 0.825. The number of carbonyl (C=O) groups is 2. The Morgan fingerprint density at radius 2 is 1.22 bits per heavy atom. The average molecular weight is 151 g/mol. The van der Waals surface area contributed by atoms with E-state index in [9.17, 15) is 19.8 Å². The zero-order valence-corrected chi connectivity index (χ0v) is 7.76. The molecule has 0 aliphatic carbocycles. The summed E-state index contributed by atoms with van der Waals surface area (Å²) in [7, 11) is 0. The Labute approximate surface area is 93.7 Å². The molecule has 0 saturated heterocycles. The molecule has 0 spiro atoms. The number of carboxylic acid groups (broad SMARTS) is 2. The van der Waals surface area contributed by atoms with Gasteiger partial charge in [0, 0.05) is 0 Å². The molecule has 0 aliphatic rings. The van der Waals surface area contributed by atoms with Crippen LogP contribution >= 0.6 is 0 Å². The first-order valence-corrected chi connectivity index (χ1v) is 1.57. The van der Waals surface area contributed by atoms with Crippen molar-refractivity contribution in [3.63, 3.8) is 0 Å². The molecule has 0 aliphatic heterocycles. The van der Waals surface area contributed by atoms with Crippen molar-refractivity contribution in [2.75, 3.05) is 0 Å². The fourth-order valence-electron chi connectivity index (χ4n) is 0.102. The molecule has 4 nitrogen and oxygen atoms in total. The molecule has 0 radical (unpaired) electrons. The van der Waals surface area contributed by atoms with Crippen molar-refractivity contribution >= 4 is 11.9 Å². The van der Waals surface area contributed by atoms with Crippen molar-refractivity contribution in [2.24, 2.45) is 0 Å². The fraction of sp³-hybridized carbons (Fsp3) is 0. The molecule has 0 unspecified atom stereocenters. The number of hydrogen-bond acceptors (Lipinski definition) is 4. The molecule has 9 heavy (non-hydrogen) atoms. The van der Waals surface area contributed by atoms with Gasteiger partial charge in [-0.2, -0.15) is 0 Å². The van der Waals surface area contributed by atoms with E-state index in [1.54, 1.807) is 0 Å². The van der Waals surface area contributed by atoms with Crippen LogP contribution in [0.4, 0.5) is 0 Å². The monoisotopic (exact) mass is 151 g/mol. The van der Waals surface area contributed by atoms with Crippen LogP contribution in [0.25, 0.3) is 0 Å². The Hall–Kier alpha value is 0.136. The topological polar surface area (TPSA) is 80.3 Å². The SMILES string of the molecule is O=C([O-])C#CC(=O)[O-].[K+]. The zero-order valence-electron chi connectivity index (χ0n) is 4.63. The molecular formula is C4KO4-. The van der Waals surface area contributed by atoms with Gasteiger partial charge in [-0.05, 0) is 11.8 Å². The predicted octanol–water partition coefficient (Wildman–Crippen LogP) is -6.51. The van der Waals surface area contributed by atoms with Gasteiger partial charge in [0.2, 0.25) is 0 Å². The van der Waals surface area contributed by atoms with E-state index < -0.39 is 11.9 Å². The van der Waals surface area contributed by atoms with E-state index >= 15 is 0 Å². The maximum atomic E-state index is 9.33. The standard InChI is InChI=1S/C4H2O4.K/c5-3(6)1-2-4(7)8;/h(H,5,6)(H,7,8);/q;+1/p-2. The molecule has 0 amide bonds. The minimum atomic E-state index is -1.73. The molecule has 0 bridgehead atoms. The van der Waals surface area contributed by atoms with E-state index in [1.807, 2.05) is 0 Å². The third-order valence-electron chi connectivity index (χ3n) is 0.267. The fourth-order valence-corrected chi connectivity index (χ4v) is 0.102. The number of hydrogen-bond donors (Lipinski definition) is 0. The number of carbonyl (C=O) groups excluding carboxylic acids is 2. The molecule has 0 heterocycles. The summed E-state index contributed by atoms with van der Waals surface area (Å²) in [6.07, 6.45) is 0. The van der Waals surface area contributed by atoms with E-state index in [-0.39, 0.29) is 51.4 Å². The molecule has 0 aromatic carbocycles. The van der Waals surface area contributed by atoms with E-state index in [0.29, 0.717) is 0 Å². The maximum absolute atomic E-state index is 9.33. The van der Waals surface area contributed by atoms with Crippen molar-refractivity contribution in [3.05, 3.63) is 0 Å². The summed E-state index contributed by atoms with van der Waals surface area (Å²) in [5, 5.41) is 18.7. The largest absolute Gasteiger partial charge is 1.00 e. The van der Waals surface area contributed by atoms with Crippen molar-refractivity contribution in [3.8, 4) is 11.8 Å². The predicted molar refractivity (Wildman–Crippen MR) is 17.8 cm³/mol. The van der Waals surface area contributed by atoms with Crippen LogP contribution in [0.2, 0.25) is 0 Å². The first kappa shape index (κ1) is 11.9. The van der Waals surface area contributed by atoms with E-state index in [4.69, 9.17) is 0 Å². The molecule has 0 rings (SSSR count). The third kappa shape index (κ3) is 11.6. The van der Waals surface area contributed by atoms with E-state index in [0.717, 1.165) is 0 Å². The molecule has 0 atom stereocenters. The Morgan fingerprint density at radius 1 is 1.00 bits per heavy atom. The summed E-state index contributed by atoms with van der Waals surface area (Å²) in [5.74, 6) is -0.978. The summed E-state index contributed by atoms with van der Waals surface area (Å²) in [6, 6.07) is 0. The van der Waals surface area contributed by atoms with Crippen molar-refractivity contribution in [1.82, 2.24) is 0 Å². The van der Waals surface area contributed by atoms with Crippen LogP contribution < -0.4 is 61.6 Å². The van der Waals surface area contributed by atoms with Crippen LogP contribution in [0.5, 0.6) is 0 Å². The smallest absolute Gasteiger partial charge is 0.537 e. The van der Waals surface area contributed by atoms with E-state index in [1.165, 1.54) is 11.8 Å². The minimum absolute atomic E-state index is 0. The van der Waals surface area contributed by atoms with Crippen LogP contribution in [-0.4, -0.2) is 11.9 Å². The normalized spacial score (nSPS) is 5.78. The Bertz CT molecular complexity index is 157. The van der Waals surface area contributed by atoms with Gasteiger partial charge in [0.15, 0.2) is 0 Å². The van der Waals surface area contributed by atoms with Crippen LogP contribution in [-0.2, 0) is 9.59 Å². The second kappa shape index (κ2) is 6.26. The molecule has 0 saturated carbocycles. The van der Waals surface area contributed by atoms with Gasteiger partial charge < -0.3 is 19.8 Å².